The highest BCUT2D eigenvalue weighted by atomic mass is 32.2. The van der Waals surface area contributed by atoms with Crippen molar-refractivity contribution in [1.82, 2.24) is 10.2 Å². The van der Waals surface area contributed by atoms with E-state index in [1.165, 1.54) is 42.5 Å². The number of rotatable bonds is 7. The summed E-state index contributed by atoms with van der Waals surface area (Å²) in [7, 11) is -4.87. The zero-order chi connectivity index (χ0) is 27.7. The molecule has 7 nitrogen and oxygen atoms in total. The first-order valence-corrected chi connectivity index (χ1v) is 12.1. The minimum atomic E-state index is -5.24. The van der Waals surface area contributed by atoms with E-state index in [4.69, 9.17) is 4.42 Å². The number of alkyl halides is 6. The summed E-state index contributed by atoms with van der Waals surface area (Å²) >= 11 is 0. The Labute approximate surface area is 212 Å². The van der Waals surface area contributed by atoms with Gasteiger partial charge in [-0.05, 0) is 55.5 Å². The number of aromatic nitrogens is 2. The Morgan fingerprint density at radius 2 is 1.50 bits per heavy atom. The van der Waals surface area contributed by atoms with E-state index in [1.807, 2.05) is 0 Å². The van der Waals surface area contributed by atoms with Crippen LogP contribution in [-0.2, 0) is 20.5 Å². The third-order valence-electron chi connectivity index (χ3n) is 5.14. The molecule has 4 aromatic rings. The van der Waals surface area contributed by atoms with Gasteiger partial charge in [-0.3, -0.25) is 0 Å². The van der Waals surface area contributed by atoms with Gasteiger partial charge >= 0.3 is 12.4 Å². The van der Waals surface area contributed by atoms with Crippen molar-refractivity contribution in [3.05, 3.63) is 89.8 Å². The SMILES string of the molecule is Cc1ccc(S(=O)(=O)OC(c2nnc(-c3ccccc3Nc3ccc(C(F)(F)F)cc3)o2)C(F)(F)F)cc1. The Morgan fingerprint density at radius 3 is 2.11 bits per heavy atom. The Kier molecular flexibility index (Phi) is 7.21. The second-order valence-corrected chi connectivity index (χ2v) is 9.55. The lowest BCUT2D eigenvalue weighted by Gasteiger charge is -2.17. The van der Waals surface area contributed by atoms with E-state index in [9.17, 15) is 34.8 Å². The third-order valence-corrected chi connectivity index (χ3v) is 6.44. The molecule has 0 aliphatic carbocycles. The van der Waals surface area contributed by atoms with Crippen molar-refractivity contribution >= 4 is 21.5 Å². The van der Waals surface area contributed by atoms with Gasteiger partial charge in [-0.25, -0.2) is 4.18 Å². The minimum Gasteiger partial charge on any atom is -0.417 e. The molecule has 0 saturated carbocycles. The first-order chi connectivity index (χ1) is 17.7. The van der Waals surface area contributed by atoms with E-state index in [0.29, 0.717) is 5.56 Å². The van der Waals surface area contributed by atoms with Gasteiger partial charge in [0.25, 0.3) is 16.0 Å². The lowest BCUT2D eigenvalue weighted by atomic mass is 10.1. The fourth-order valence-corrected chi connectivity index (χ4v) is 4.27. The van der Waals surface area contributed by atoms with E-state index in [1.54, 1.807) is 13.0 Å². The fourth-order valence-electron chi connectivity index (χ4n) is 3.25. The van der Waals surface area contributed by atoms with Crippen LogP contribution in [0.3, 0.4) is 0 Å². The molecule has 0 saturated heterocycles. The molecule has 0 aliphatic heterocycles. The van der Waals surface area contributed by atoms with Crippen LogP contribution in [0, 0.1) is 6.92 Å². The fraction of sp³-hybridized carbons (Fsp3) is 0.167. The van der Waals surface area contributed by atoms with E-state index in [0.717, 1.165) is 24.3 Å². The Balaban J connectivity index is 1.63. The second kappa shape index (κ2) is 10.1. The molecular formula is C24H17F6N3O4S. The lowest BCUT2D eigenvalue weighted by Crippen LogP contribution is -2.26. The van der Waals surface area contributed by atoms with Gasteiger partial charge < -0.3 is 9.73 Å². The number of anilines is 2. The first kappa shape index (κ1) is 27.1. The number of nitrogens with one attached hydrogen (secondary N) is 1. The molecule has 1 atom stereocenters. The number of hydrogen-bond acceptors (Lipinski definition) is 7. The molecule has 200 valence electrons. The van der Waals surface area contributed by atoms with Crippen molar-refractivity contribution in [2.24, 2.45) is 0 Å². The average Bonchev–Trinajstić information content (AvgIpc) is 3.32. The van der Waals surface area contributed by atoms with Crippen molar-refractivity contribution in [3.63, 3.8) is 0 Å². The summed E-state index contributed by atoms with van der Waals surface area (Å²) in [5.74, 6) is -1.58. The van der Waals surface area contributed by atoms with Crippen molar-refractivity contribution in [2.75, 3.05) is 5.32 Å². The summed E-state index contributed by atoms with van der Waals surface area (Å²) in [6.07, 6.45) is -12.9. The summed E-state index contributed by atoms with van der Waals surface area (Å²) < 4.78 is 115. The number of nitrogens with zero attached hydrogens (tertiary/aromatic N) is 2. The molecule has 4 rings (SSSR count). The van der Waals surface area contributed by atoms with Gasteiger partial charge in [0.2, 0.25) is 12.0 Å². The quantitative estimate of drug-likeness (QED) is 0.197. The van der Waals surface area contributed by atoms with Gasteiger partial charge in [-0.15, -0.1) is 10.2 Å². The predicted molar refractivity (Wildman–Crippen MR) is 123 cm³/mol. The van der Waals surface area contributed by atoms with Crippen LogP contribution in [0.15, 0.2) is 82.1 Å². The Bertz CT molecular complexity index is 1520. The summed E-state index contributed by atoms with van der Waals surface area (Å²) in [6.45, 7) is 1.67. The van der Waals surface area contributed by atoms with Gasteiger partial charge in [0.05, 0.1) is 21.7 Å². The molecule has 1 aromatic heterocycles. The zero-order valence-corrected chi connectivity index (χ0v) is 20.0. The molecule has 0 bridgehead atoms. The van der Waals surface area contributed by atoms with Crippen molar-refractivity contribution in [1.29, 1.82) is 0 Å². The standard InChI is InChI=1S/C24H17F6N3O4S/c1-14-6-12-17(13-7-14)38(34,35)37-20(24(28,29)30)22-33-32-21(36-22)18-4-2-3-5-19(18)31-16-10-8-15(9-11-16)23(25,26)27/h2-13,20,31H,1H3. The summed E-state index contributed by atoms with van der Waals surface area (Å²) in [6, 6.07) is 15.0. The molecular weight excluding hydrogens is 540 g/mol. The van der Waals surface area contributed by atoms with Crippen molar-refractivity contribution < 1.29 is 43.4 Å². The largest absolute Gasteiger partial charge is 0.425 e. The van der Waals surface area contributed by atoms with E-state index >= 15 is 0 Å². The lowest BCUT2D eigenvalue weighted by molar-refractivity contribution is -0.202. The Hall–Kier alpha value is -3.91. The molecule has 0 spiro atoms. The highest BCUT2D eigenvalue weighted by Crippen LogP contribution is 2.39. The molecule has 38 heavy (non-hydrogen) atoms. The van der Waals surface area contributed by atoms with Crippen LogP contribution in [0.25, 0.3) is 11.5 Å². The Morgan fingerprint density at radius 1 is 0.868 bits per heavy atom. The minimum absolute atomic E-state index is 0.105. The molecule has 1 unspecified atom stereocenters. The predicted octanol–water partition coefficient (Wildman–Crippen LogP) is 6.82. The highest BCUT2D eigenvalue weighted by molar-refractivity contribution is 7.86. The van der Waals surface area contributed by atoms with Crippen LogP contribution in [0.2, 0.25) is 0 Å². The summed E-state index contributed by atoms with van der Waals surface area (Å²) in [5, 5.41) is 9.80. The van der Waals surface area contributed by atoms with Crippen LogP contribution in [-0.4, -0.2) is 24.8 Å². The van der Waals surface area contributed by atoms with Crippen LogP contribution in [0.5, 0.6) is 0 Å². The van der Waals surface area contributed by atoms with Crippen LogP contribution in [0.4, 0.5) is 37.7 Å². The van der Waals surface area contributed by atoms with Gasteiger partial charge in [0.15, 0.2) is 0 Å². The molecule has 3 aromatic carbocycles. The molecule has 0 amide bonds. The first-order valence-electron chi connectivity index (χ1n) is 10.7. The van der Waals surface area contributed by atoms with Crippen LogP contribution < -0.4 is 5.32 Å². The van der Waals surface area contributed by atoms with E-state index in [2.05, 4.69) is 19.7 Å². The zero-order valence-electron chi connectivity index (χ0n) is 19.2. The van der Waals surface area contributed by atoms with Gasteiger partial charge in [0, 0.05) is 5.69 Å². The molecule has 1 heterocycles. The molecule has 14 heteroatoms. The maximum absolute atomic E-state index is 13.8. The molecule has 0 radical (unpaired) electrons. The molecule has 1 N–H and O–H groups in total. The van der Waals surface area contributed by atoms with Crippen LogP contribution in [0.1, 0.15) is 23.1 Å². The number of aryl methyl sites for hydroxylation is 1. The van der Waals surface area contributed by atoms with Gasteiger partial charge in [-0.2, -0.15) is 34.8 Å². The third kappa shape index (κ3) is 6.14. The van der Waals surface area contributed by atoms with Crippen molar-refractivity contribution in [2.45, 2.75) is 30.3 Å². The van der Waals surface area contributed by atoms with Crippen LogP contribution >= 0.6 is 0 Å². The number of benzene rings is 3. The molecule has 0 aliphatic rings. The average molecular weight is 557 g/mol. The second-order valence-electron chi connectivity index (χ2n) is 7.98. The number of halogens is 6. The topological polar surface area (TPSA) is 94.3 Å². The number of hydrogen-bond donors (Lipinski definition) is 1. The normalized spacial score (nSPS) is 13.3. The summed E-state index contributed by atoms with van der Waals surface area (Å²) in [4.78, 5) is -0.497. The molecule has 0 fully saturated rings. The van der Waals surface area contributed by atoms with E-state index in [-0.39, 0.29) is 16.9 Å². The smallest absolute Gasteiger partial charge is 0.417 e. The maximum Gasteiger partial charge on any atom is 0.425 e. The van der Waals surface area contributed by atoms with Crippen molar-refractivity contribution in [3.8, 4) is 11.5 Å². The van der Waals surface area contributed by atoms with Gasteiger partial charge in [-0.1, -0.05) is 29.8 Å². The van der Waals surface area contributed by atoms with E-state index < -0.39 is 50.8 Å². The summed E-state index contributed by atoms with van der Waals surface area (Å²) in [5.41, 5.74) is 0.386. The van der Waals surface area contributed by atoms with Gasteiger partial charge in [0.1, 0.15) is 0 Å². The maximum atomic E-state index is 13.8. The monoisotopic (exact) mass is 557 g/mol. The number of para-hydroxylation sites is 1. The highest BCUT2D eigenvalue weighted by Gasteiger charge is 2.49.